The Morgan fingerprint density at radius 3 is 2.24 bits per heavy atom. The fourth-order valence-corrected chi connectivity index (χ4v) is 3.13. The van der Waals surface area contributed by atoms with Crippen LogP contribution in [0.3, 0.4) is 0 Å². The van der Waals surface area contributed by atoms with Gasteiger partial charge in [-0.05, 0) is 66.2 Å². The Bertz CT molecular complexity index is 1230. The Balaban J connectivity index is 1.91. The molecule has 0 aromatic heterocycles. The van der Waals surface area contributed by atoms with Crippen LogP contribution in [0, 0.1) is 10.1 Å². The number of nitrogens with zero attached hydrogens (tertiary/aromatic N) is 1. The molecule has 3 aromatic rings. The number of anilines is 1. The highest BCUT2D eigenvalue weighted by molar-refractivity contribution is 6.34. The first-order valence-corrected chi connectivity index (χ1v) is 10.2. The third-order valence-electron chi connectivity index (χ3n) is 4.43. The monoisotopic (exact) mass is 485 g/mol. The molecule has 3 rings (SSSR count). The number of benzene rings is 3. The molecule has 10 heteroatoms. The number of nitro benzene ring substituents is 1. The van der Waals surface area contributed by atoms with Crippen LogP contribution in [-0.4, -0.2) is 23.8 Å². The third kappa shape index (κ3) is 6.31. The fraction of sp³-hybridized carbons (Fsp3) is 0.0435. The molecule has 0 fully saturated rings. The summed E-state index contributed by atoms with van der Waals surface area (Å²) >= 11 is 12.1. The summed E-state index contributed by atoms with van der Waals surface area (Å²) in [5.41, 5.74) is 0.842. The van der Waals surface area contributed by atoms with Gasteiger partial charge in [0, 0.05) is 22.8 Å². The van der Waals surface area contributed by atoms with E-state index in [0.717, 1.165) is 0 Å². The molecule has 0 spiro atoms. The molecule has 0 saturated heterocycles. The molecule has 3 aromatic carbocycles. The number of carbonyl (C=O) groups is 2. The van der Waals surface area contributed by atoms with Crippen LogP contribution in [0.25, 0.3) is 6.08 Å². The summed E-state index contributed by atoms with van der Waals surface area (Å²) in [6.07, 6.45) is 1.39. The quantitative estimate of drug-likeness (QED) is 0.267. The van der Waals surface area contributed by atoms with Gasteiger partial charge in [0.2, 0.25) is 0 Å². The number of hydrogen-bond donors (Lipinski definition) is 2. The first-order valence-electron chi connectivity index (χ1n) is 9.45. The molecule has 2 amide bonds. The lowest BCUT2D eigenvalue weighted by atomic mass is 10.1. The van der Waals surface area contributed by atoms with Crippen LogP contribution in [-0.2, 0) is 4.79 Å². The maximum absolute atomic E-state index is 12.9. The molecule has 8 nitrogen and oxygen atoms in total. The summed E-state index contributed by atoms with van der Waals surface area (Å²) in [7, 11) is 1.47. The maximum Gasteiger partial charge on any atom is 0.272 e. The van der Waals surface area contributed by atoms with Crippen LogP contribution >= 0.6 is 23.2 Å². The highest BCUT2D eigenvalue weighted by Crippen LogP contribution is 2.23. The van der Waals surface area contributed by atoms with Crippen LogP contribution in [0.2, 0.25) is 10.0 Å². The van der Waals surface area contributed by atoms with Crippen molar-refractivity contribution in [1.82, 2.24) is 5.32 Å². The maximum atomic E-state index is 12.9. The van der Waals surface area contributed by atoms with Crippen molar-refractivity contribution in [3.63, 3.8) is 0 Å². The summed E-state index contributed by atoms with van der Waals surface area (Å²) < 4.78 is 5.08. The van der Waals surface area contributed by atoms with E-state index < -0.39 is 16.7 Å². The average Bonchev–Trinajstić information content (AvgIpc) is 2.80. The lowest BCUT2D eigenvalue weighted by molar-refractivity contribution is -0.384. The van der Waals surface area contributed by atoms with Gasteiger partial charge in [-0.25, -0.2) is 0 Å². The highest BCUT2D eigenvalue weighted by atomic mass is 35.5. The van der Waals surface area contributed by atoms with Gasteiger partial charge in [-0.3, -0.25) is 19.7 Å². The predicted molar refractivity (Wildman–Crippen MR) is 127 cm³/mol. The second-order valence-corrected chi connectivity index (χ2v) is 7.51. The Kier molecular flexibility index (Phi) is 7.66. The molecule has 0 aliphatic heterocycles. The minimum Gasteiger partial charge on any atom is -0.497 e. The molecule has 0 saturated carbocycles. The molecule has 33 heavy (non-hydrogen) atoms. The van der Waals surface area contributed by atoms with E-state index in [1.54, 1.807) is 30.3 Å². The van der Waals surface area contributed by atoms with Crippen molar-refractivity contribution in [3.8, 4) is 5.75 Å². The number of carbonyl (C=O) groups excluding carboxylic acids is 2. The van der Waals surface area contributed by atoms with Gasteiger partial charge in [0.1, 0.15) is 11.4 Å². The first kappa shape index (κ1) is 23.8. The number of non-ortho nitro benzene ring substituents is 1. The van der Waals surface area contributed by atoms with Gasteiger partial charge >= 0.3 is 0 Å². The van der Waals surface area contributed by atoms with Crippen molar-refractivity contribution in [2.75, 3.05) is 12.4 Å². The molecule has 0 aliphatic rings. The second-order valence-electron chi connectivity index (χ2n) is 6.67. The van der Waals surface area contributed by atoms with Crippen molar-refractivity contribution in [2.45, 2.75) is 0 Å². The van der Waals surface area contributed by atoms with Crippen molar-refractivity contribution in [1.29, 1.82) is 0 Å². The number of hydrogen-bond acceptors (Lipinski definition) is 5. The number of methoxy groups -OCH3 is 1. The number of amides is 2. The van der Waals surface area contributed by atoms with Crippen LogP contribution in [0.1, 0.15) is 15.9 Å². The fourth-order valence-electron chi connectivity index (χ4n) is 2.75. The van der Waals surface area contributed by atoms with Gasteiger partial charge < -0.3 is 15.4 Å². The summed E-state index contributed by atoms with van der Waals surface area (Å²) in [6, 6.07) is 16.4. The molecule has 168 valence electrons. The summed E-state index contributed by atoms with van der Waals surface area (Å²) in [6.45, 7) is 0. The molecule has 0 unspecified atom stereocenters. The summed E-state index contributed by atoms with van der Waals surface area (Å²) in [5, 5.41) is 16.7. The lowest BCUT2D eigenvalue weighted by Gasteiger charge is -2.12. The van der Waals surface area contributed by atoms with Crippen molar-refractivity contribution in [3.05, 3.63) is 104 Å². The minimum absolute atomic E-state index is 0.101. The molecule has 0 atom stereocenters. The Morgan fingerprint density at radius 1 is 1.00 bits per heavy atom. The first-order chi connectivity index (χ1) is 15.8. The molecule has 0 heterocycles. The van der Waals surface area contributed by atoms with Gasteiger partial charge in [0.15, 0.2) is 0 Å². The Hall–Kier alpha value is -3.88. The Labute approximate surface area is 198 Å². The van der Waals surface area contributed by atoms with Gasteiger partial charge in [-0.15, -0.1) is 0 Å². The average molecular weight is 486 g/mol. The molecular formula is C23H17Cl2N3O5. The normalized spacial score (nSPS) is 10.9. The summed E-state index contributed by atoms with van der Waals surface area (Å²) in [4.78, 5) is 36.1. The number of rotatable bonds is 7. The van der Waals surface area contributed by atoms with Crippen molar-refractivity contribution in [2.24, 2.45) is 0 Å². The van der Waals surface area contributed by atoms with Crippen molar-refractivity contribution < 1.29 is 19.2 Å². The minimum atomic E-state index is -0.623. The van der Waals surface area contributed by atoms with Gasteiger partial charge in [-0.2, -0.15) is 0 Å². The van der Waals surface area contributed by atoms with Crippen LogP contribution in [0.4, 0.5) is 11.4 Å². The van der Waals surface area contributed by atoms with E-state index in [1.165, 1.54) is 49.6 Å². The number of nitro groups is 1. The van der Waals surface area contributed by atoms with Crippen LogP contribution < -0.4 is 15.4 Å². The zero-order valence-electron chi connectivity index (χ0n) is 17.2. The summed E-state index contributed by atoms with van der Waals surface area (Å²) in [5.74, 6) is -0.769. The Morgan fingerprint density at radius 2 is 1.67 bits per heavy atom. The van der Waals surface area contributed by atoms with Gasteiger partial charge in [0.05, 0.1) is 22.6 Å². The lowest BCUT2D eigenvalue weighted by Crippen LogP contribution is -2.31. The number of halogens is 2. The predicted octanol–water partition coefficient (Wildman–Crippen LogP) is 5.32. The molecule has 0 aliphatic carbocycles. The van der Waals surface area contributed by atoms with E-state index >= 15 is 0 Å². The largest absolute Gasteiger partial charge is 0.497 e. The van der Waals surface area contributed by atoms with E-state index in [2.05, 4.69) is 10.6 Å². The zero-order chi connectivity index (χ0) is 24.0. The topological polar surface area (TPSA) is 111 Å². The van der Waals surface area contributed by atoms with E-state index in [4.69, 9.17) is 27.9 Å². The van der Waals surface area contributed by atoms with E-state index in [0.29, 0.717) is 22.0 Å². The molecule has 0 radical (unpaired) electrons. The third-order valence-corrected chi connectivity index (χ3v) is 5.00. The molecule has 2 N–H and O–H groups in total. The van der Waals surface area contributed by atoms with E-state index in [1.807, 2.05) is 0 Å². The van der Waals surface area contributed by atoms with Crippen LogP contribution in [0.15, 0.2) is 72.4 Å². The second kappa shape index (κ2) is 10.6. The smallest absolute Gasteiger partial charge is 0.272 e. The number of ether oxygens (including phenoxy) is 1. The van der Waals surface area contributed by atoms with Gasteiger partial charge in [0.25, 0.3) is 17.5 Å². The molecular weight excluding hydrogens is 469 g/mol. The van der Waals surface area contributed by atoms with Gasteiger partial charge in [-0.1, -0.05) is 23.2 Å². The number of nitrogens with one attached hydrogen (secondary N) is 2. The van der Waals surface area contributed by atoms with Crippen molar-refractivity contribution >= 4 is 52.5 Å². The SMILES string of the molecule is COc1ccc(C(=O)N/C(=C/c2ccc([N+](=O)[O-])cc2)C(=O)Nc2ccc(Cl)cc2)c(Cl)c1. The molecule has 0 bridgehead atoms. The standard InChI is InChI=1S/C23H17Cl2N3O5/c1-33-18-10-11-19(20(25)13-18)22(29)27-21(12-14-2-8-17(9-3-14)28(31)32)23(30)26-16-6-4-15(24)5-7-16/h2-13H,1H3,(H,26,30)(H,27,29)/b21-12+. The van der Waals surface area contributed by atoms with E-state index in [9.17, 15) is 19.7 Å². The van der Waals surface area contributed by atoms with Crippen LogP contribution in [0.5, 0.6) is 5.75 Å². The van der Waals surface area contributed by atoms with E-state index in [-0.39, 0.29) is 22.0 Å². The highest BCUT2D eigenvalue weighted by Gasteiger charge is 2.18. The zero-order valence-corrected chi connectivity index (χ0v) is 18.7.